The van der Waals surface area contributed by atoms with E-state index in [0.29, 0.717) is 5.02 Å². The molecule has 0 atom stereocenters. The number of hydrogen-bond donors (Lipinski definition) is 2. The molecule has 0 radical (unpaired) electrons. The van der Waals surface area contributed by atoms with E-state index in [4.69, 9.17) is 16.3 Å². The van der Waals surface area contributed by atoms with E-state index in [-0.39, 0.29) is 17.1 Å². The quantitative estimate of drug-likeness (QED) is 0.802. The van der Waals surface area contributed by atoms with Crippen molar-refractivity contribution in [1.29, 1.82) is 0 Å². The second-order valence-corrected chi connectivity index (χ2v) is 5.27. The highest BCUT2D eigenvalue weighted by atomic mass is 35.5. The zero-order chi connectivity index (χ0) is 18.6. The SMILES string of the molecule is COc1ccc(Cl)cc1NC(=O)C(=O)Nc1cccc(C(F)(F)F)c1. The number of carbonyl (C=O) groups is 2. The van der Waals surface area contributed by atoms with Gasteiger partial charge >= 0.3 is 18.0 Å². The molecule has 2 aromatic carbocycles. The van der Waals surface area contributed by atoms with Gasteiger partial charge in [-0.3, -0.25) is 9.59 Å². The fraction of sp³-hybridized carbons (Fsp3) is 0.125. The lowest BCUT2D eigenvalue weighted by atomic mass is 10.2. The van der Waals surface area contributed by atoms with Crippen LogP contribution in [0, 0.1) is 0 Å². The summed E-state index contributed by atoms with van der Waals surface area (Å²) >= 11 is 5.81. The zero-order valence-electron chi connectivity index (χ0n) is 12.8. The van der Waals surface area contributed by atoms with Crippen LogP contribution in [0.3, 0.4) is 0 Å². The number of carbonyl (C=O) groups excluding carboxylic acids is 2. The van der Waals surface area contributed by atoms with Crippen LogP contribution in [-0.2, 0) is 15.8 Å². The van der Waals surface area contributed by atoms with Gasteiger partial charge in [0, 0.05) is 10.7 Å². The maximum atomic E-state index is 12.7. The number of benzene rings is 2. The Morgan fingerprint density at radius 2 is 1.72 bits per heavy atom. The number of nitrogens with one attached hydrogen (secondary N) is 2. The molecule has 2 rings (SSSR count). The minimum Gasteiger partial charge on any atom is -0.495 e. The molecule has 0 heterocycles. The lowest BCUT2D eigenvalue weighted by molar-refractivity contribution is -0.137. The van der Waals surface area contributed by atoms with Crippen molar-refractivity contribution < 1.29 is 27.5 Å². The Labute approximate surface area is 145 Å². The molecule has 0 saturated heterocycles. The fourth-order valence-corrected chi connectivity index (χ4v) is 2.09. The van der Waals surface area contributed by atoms with Crippen molar-refractivity contribution in [3.63, 3.8) is 0 Å². The highest BCUT2D eigenvalue weighted by Gasteiger charge is 2.30. The summed E-state index contributed by atoms with van der Waals surface area (Å²) in [4.78, 5) is 23.8. The van der Waals surface area contributed by atoms with Gasteiger partial charge in [-0.15, -0.1) is 0 Å². The molecule has 2 amide bonds. The second kappa shape index (κ2) is 7.43. The molecule has 5 nitrogen and oxygen atoms in total. The number of methoxy groups -OCH3 is 1. The lowest BCUT2D eigenvalue weighted by Crippen LogP contribution is -2.29. The van der Waals surface area contributed by atoms with Crippen molar-refractivity contribution in [2.45, 2.75) is 6.18 Å². The van der Waals surface area contributed by atoms with Crippen LogP contribution in [0.4, 0.5) is 24.5 Å². The van der Waals surface area contributed by atoms with Gasteiger partial charge in [0.05, 0.1) is 18.4 Å². The van der Waals surface area contributed by atoms with E-state index >= 15 is 0 Å². The molecule has 25 heavy (non-hydrogen) atoms. The van der Waals surface area contributed by atoms with E-state index in [0.717, 1.165) is 18.2 Å². The Kier molecular flexibility index (Phi) is 5.53. The molecule has 0 saturated carbocycles. The highest BCUT2D eigenvalue weighted by Crippen LogP contribution is 2.31. The van der Waals surface area contributed by atoms with E-state index < -0.39 is 23.6 Å². The Balaban J connectivity index is 2.11. The van der Waals surface area contributed by atoms with Gasteiger partial charge in [-0.2, -0.15) is 13.2 Å². The molecule has 0 aromatic heterocycles. The third-order valence-electron chi connectivity index (χ3n) is 3.06. The molecule has 0 spiro atoms. The average Bonchev–Trinajstić information content (AvgIpc) is 2.54. The predicted octanol–water partition coefficient (Wildman–Crippen LogP) is 3.94. The number of alkyl halides is 3. The van der Waals surface area contributed by atoms with Crippen LogP contribution >= 0.6 is 11.6 Å². The van der Waals surface area contributed by atoms with Gasteiger partial charge in [0.25, 0.3) is 0 Å². The van der Waals surface area contributed by atoms with Crippen LogP contribution in [0.5, 0.6) is 5.75 Å². The Morgan fingerprint density at radius 3 is 2.36 bits per heavy atom. The molecule has 0 aliphatic rings. The number of halogens is 4. The molecule has 0 aliphatic carbocycles. The van der Waals surface area contributed by atoms with Crippen LogP contribution in [0.1, 0.15) is 5.56 Å². The summed E-state index contributed by atoms with van der Waals surface area (Å²) in [5.41, 5.74) is -0.950. The number of hydrogen-bond acceptors (Lipinski definition) is 3. The molecule has 0 fully saturated rings. The molecular formula is C16H12ClF3N2O3. The van der Waals surface area contributed by atoms with Gasteiger partial charge in [0.1, 0.15) is 5.75 Å². The van der Waals surface area contributed by atoms with Crippen molar-refractivity contribution in [2.24, 2.45) is 0 Å². The number of amides is 2. The average molecular weight is 373 g/mol. The molecular weight excluding hydrogens is 361 g/mol. The van der Waals surface area contributed by atoms with Crippen LogP contribution in [0.25, 0.3) is 0 Å². The molecule has 0 unspecified atom stereocenters. The van der Waals surface area contributed by atoms with Crippen molar-refractivity contribution in [1.82, 2.24) is 0 Å². The Morgan fingerprint density at radius 1 is 1.04 bits per heavy atom. The third-order valence-corrected chi connectivity index (χ3v) is 3.30. The summed E-state index contributed by atoms with van der Waals surface area (Å²) in [7, 11) is 1.36. The van der Waals surface area contributed by atoms with Gasteiger partial charge in [-0.25, -0.2) is 0 Å². The van der Waals surface area contributed by atoms with E-state index in [1.54, 1.807) is 0 Å². The Hall–Kier alpha value is -2.74. The summed E-state index contributed by atoms with van der Waals surface area (Å²) in [5, 5.41) is 4.69. The fourth-order valence-electron chi connectivity index (χ4n) is 1.92. The first-order valence-electron chi connectivity index (χ1n) is 6.84. The first-order valence-corrected chi connectivity index (χ1v) is 7.21. The van der Waals surface area contributed by atoms with Crippen molar-refractivity contribution in [2.75, 3.05) is 17.7 Å². The standard InChI is InChI=1S/C16H12ClF3N2O3/c1-25-13-6-5-10(17)8-12(13)22-15(24)14(23)21-11-4-2-3-9(7-11)16(18,19)20/h2-8H,1H3,(H,21,23)(H,22,24). The summed E-state index contributed by atoms with van der Waals surface area (Å²) in [6.45, 7) is 0. The molecule has 0 bridgehead atoms. The van der Waals surface area contributed by atoms with Gasteiger partial charge in [-0.05, 0) is 36.4 Å². The maximum absolute atomic E-state index is 12.7. The van der Waals surface area contributed by atoms with Crippen LogP contribution < -0.4 is 15.4 Å². The maximum Gasteiger partial charge on any atom is 0.416 e. The molecule has 9 heteroatoms. The van der Waals surface area contributed by atoms with E-state index in [1.807, 2.05) is 0 Å². The van der Waals surface area contributed by atoms with E-state index in [1.165, 1.54) is 31.4 Å². The first kappa shape index (κ1) is 18.6. The van der Waals surface area contributed by atoms with Crippen LogP contribution in [0.15, 0.2) is 42.5 Å². The number of ether oxygens (including phenoxy) is 1. The van der Waals surface area contributed by atoms with Crippen molar-refractivity contribution in [3.05, 3.63) is 53.1 Å². The Bertz CT molecular complexity index is 809. The minimum absolute atomic E-state index is 0.152. The second-order valence-electron chi connectivity index (χ2n) is 4.83. The summed E-state index contributed by atoms with van der Waals surface area (Å²) in [6.07, 6.45) is -4.56. The molecule has 132 valence electrons. The molecule has 2 N–H and O–H groups in total. The van der Waals surface area contributed by atoms with Crippen molar-refractivity contribution >= 4 is 34.8 Å². The topological polar surface area (TPSA) is 67.4 Å². The van der Waals surface area contributed by atoms with Gasteiger partial charge < -0.3 is 15.4 Å². The monoisotopic (exact) mass is 372 g/mol. The smallest absolute Gasteiger partial charge is 0.416 e. The number of rotatable bonds is 3. The summed E-state index contributed by atoms with van der Waals surface area (Å²) in [6, 6.07) is 8.33. The van der Waals surface area contributed by atoms with E-state index in [9.17, 15) is 22.8 Å². The summed E-state index contributed by atoms with van der Waals surface area (Å²) in [5.74, 6) is -1.95. The number of anilines is 2. The predicted molar refractivity (Wildman–Crippen MR) is 86.7 cm³/mol. The first-order chi connectivity index (χ1) is 11.7. The summed E-state index contributed by atoms with van der Waals surface area (Å²) < 4.78 is 43.0. The van der Waals surface area contributed by atoms with Gasteiger partial charge in [0.2, 0.25) is 0 Å². The molecule has 2 aromatic rings. The minimum atomic E-state index is -4.56. The van der Waals surface area contributed by atoms with Crippen LogP contribution in [0.2, 0.25) is 5.02 Å². The molecule has 0 aliphatic heterocycles. The lowest BCUT2D eigenvalue weighted by Gasteiger charge is -2.11. The van der Waals surface area contributed by atoms with E-state index in [2.05, 4.69) is 10.6 Å². The largest absolute Gasteiger partial charge is 0.495 e. The van der Waals surface area contributed by atoms with Gasteiger partial charge in [0.15, 0.2) is 0 Å². The van der Waals surface area contributed by atoms with Crippen LogP contribution in [-0.4, -0.2) is 18.9 Å². The van der Waals surface area contributed by atoms with Gasteiger partial charge in [-0.1, -0.05) is 17.7 Å². The zero-order valence-corrected chi connectivity index (χ0v) is 13.5. The normalized spacial score (nSPS) is 10.9. The third kappa shape index (κ3) is 4.87. The van der Waals surface area contributed by atoms with Crippen molar-refractivity contribution in [3.8, 4) is 5.75 Å². The highest BCUT2D eigenvalue weighted by molar-refractivity contribution is 6.44.